The highest BCUT2D eigenvalue weighted by Crippen LogP contribution is 2.40. The zero-order chi connectivity index (χ0) is 12.8. The smallest absolute Gasteiger partial charge is 0.0408 e. The topological polar surface area (TPSA) is 15.3 Å². The summed E-state index contributed by atoms with van der Waals surface area (Å²) < 4.78 is 0. The fourth-order valence-electron chi connectivity index (χ4n) is 4.28. The van der Waals surface area contributed by atoms with Crippen molar-refractivity contribution >= 4 is 11.6 Å². The summed E-state index contributed by atoms with van der Waals surface area (Å²) in [6, 6.07) is 7.85. The van der Waals surface area contributed by atoms with E-state index in [-0.39, 0.29) is 0 Å². The van der Waals surface area contributed by atoms with Crippen LogP contribution in [0.1, 0.15) is 36.4 Å². The Kier molecular flexibility index (Phi) is 3.06. The Bertz CT molecular complexity index is 488. The van der Waals surface area contributed by atoms with Gasteiger partial charge in [-0.3, -0.25) is 4.90 Å². The molecule has 0 spiro atoms. The van der Waals surface area contributed by atoms with E-state index in [1.165, 1.54) is 50.0 Å². The first-order chi connectivity index (χ1) is 9.31. The number of hydrogen-bond acceptors (Lipinski definition) is 2. The van der Waals surface area contributed by atoms with Crippen molar-refractivity contribution in [2.45, 2.75) is 37.8 Å². The zero-order valence-electron chi connectivity index (χ0n) is 11.2. The molecule has 19 heavy (non-hydrogen) atoms. The second kappa shape index (κ2) is 4.76. The van der Waals surface area contributed by atoms with Gasteiger partial charge in [-0.25, -0.2) is 0 Å². The summed E-state index contributed by atoms with van der Waals surface area (Å²) in [6.45, 7) is 3.70. The highest BCUT2D eigenvalue weighted by molar-refractivity contribution is 6.30. The Balaban J connectivity index is 1.65. The van der Waals surface area contributed by atoms with E-state index in [2.05, 4.69) is 28.4 Å². The third kappa shape index (κ3) is 2.10. The van der Waals surface area contributed by atoms with Gasteiger partial charge in [0.25, 0.3) is 0 Å². The second-order valence-electron chi connectivity index (χ2n) is 6.30. The predicted molar refractivity (Wildman–Crippen MR) is 78.6 cm³/mol. The van der Waals surface area contributed by atoms with Crippen LogP contribution in [0.3, 0.4) is 0 Å². The molecule has 2 fully saturated rings. The summed E-state index contributed by atoms with van der Waals surface area (Å²) in [7, 11) is 0. The van der Waals surface area contributed by atoms with Crippen molar-refractivity contribution in [3.63, 3.8) is 0 Å². The van der Waals surface area contributed by atoms with Gasteiger partial charge in [0.2, 0.25) is 0 Å². The van der Waals surface area contributed by atoms with Crippen LogP contribution in [-0.2, 0) is 6.42 Å². The minimum atomic E-state index is 0.618. The van der Waals surface area contributed by atoms with Gasteiger partial charge in [0, 0.05) is 30.2 Å². The summed E-state index contributed by atoms with van der Waals surface area (Å²) >= 11 is 6.14. The summed E-state index contributed by atoms with van der Waals surface area (Å²) in [5.41, 5.74) is 3.00. The van der Waals surface area contributed by atoms with E-state index in [1.807, 2.05) is 0 Å². The van der Waals surface area contributed by atoms with Crippen molar-refractivity contribution in [1.29, 1.82) is 0 Å². The van der Waals surface area contributed by atoms with Crippen molar-refractivity contribution in [3.05, 3.63) is 34.3 Å². The van der Waals surface area contributed by atoms with Gasteiger partial charge in [-0.2, -0.15) is 0 Å². The molecule has 3 atom stereocenters. The molecular weight excluding hydrogens is 256 g/mol. The van der Waals surface area contributed by atoms with E-state index in [0.717, 1.165) is 23.4 Å². The maximum absolute atomic E-state index is 6.14. The Labute approximate surface area is 120 Å². The van der Waals surface area contributed by atoms with Crippen LogP contribution in [0.5, 0.6) is 0 Å². The average molecular weight is 277 g/mol. The van der Waals surface area contributed by atoms with Gasteiger partial charge in [0.1, 0.15) is 0 Å². The number of hydrogen-bond donors (Lipinski definition) is 1. The van der Waals surface area contributed by atoms with Crippen LogP contribution in [-0.4, -0.2) is 30.6 Å². The first kappa shape index (κ1) is 12.2. The second-order valence-corrected chi connectivity index (χ2v) is 6.74. The van der Waals surface area contributed by atoms with E-state index < -0.39 is 0 Å². The molecule has 4 rings (SSSR count). The van der Waals surface area contributed by atoms with Gasteiger partial charge in [0.15, 0.2) is 0 Å². The van der Waals surface area contributed by atoms with E-state index in [0.29, 0.717) is 6.04 Å². The van der Waals surface area contributed by atoms with Crippen molar-refractivity contribution in [2.75, 3.05) is 19.6 Å². The maximum Gasteiger partial charge on any atom is 0.0408 e. The summed E-state index contributed by atoms with van der Waals surface area (Å²) in [4.78, 5) is 2.71. The van der Waals surface area contributed by atoms with E-state index in [4.69, 9.17) is 11.6 Å². The molecule has 3 aliphatic heterocycles. The lowest BCUT2D eigenvalue weighted by Crippen LogP contribution is -2.54. The quantitative estimate of drug-likeness (QED) is 0.784. The molecule has 0 aromatic heterocycles. The zero-order valence-corrected chi connectivity index (χ0v) is 12.0. The number of fused-ring (bicyclic) bond motifs is 4. The third-order valence-corrected chi connectivity index (χ3v) is 5.48. The minimum Gasteiger partial charge on any atom is -0.314 e. The molecule has 1 aromatic rings. The van der Waals surface area contributed by atoms with Crippen LogP contribution < -0.4 is 5.32 Å². The molecule has 0 amide bonds. The number of nitrogens with zero attached hydrogens (tertiary/aromatic N) is 1. The Morgan fingerprint density at radius 2 is 2.26 bits per heavy atom. The standard InChI is InChI=1S/C16H21ClN2/c17-13-3-4-14-11(8-13)5-7-19-10-12-2-1-6-18-15(12)9-16(14)19/h3-4,8,12,15-16,18H,1-2,5-7,9-10H2. The molecule has 3 aliphatic rings. The lowest BCUT2D eigenvalue weighted by Gasteiger charge is -2.49. The molecule has 3 heterocycles. The van der Waals surface area contributed by atoms with Gasteiger partial charge < -0.3 is 5.32 Å². The summed E-state index contributed by atoms with van der Waals surface area (Å²) in [5.74, 6) is 0.874. The SMILES string of the molecule is Clc1ccc2c(c1)CCN1CC3CCCNC3CC21. The Morgan fingerprint density at radius 1 is 1.32 bits per heavy atom. The van der Waals surface area contributed by atoms with Crippen LogP contribution in [0.25, 0.3) is 0 Å². The molecular formula is C16H21ClN2. The molecule has 0 radical (unpaired) electrons. The van der Waals surface area contributed by atoms with E-state index in [9.17, 15) is 0 Å². The van der Waals surface area contributed by atoms with Gasteiger partial charge in [-0.1, -0.05) is 17.7 Å². The normalized spacial score (nSPS) is 34.3. The molecule has 2 saturated heterocycles. The highest BCUT2D eigenvalue weighted by Gasteiger charge is 2.39. The molecule has 102 valence electrons. The number of rotatable bonds is 0. The Morgan fingerprint density at radius 3 is 3.21 bits per heavy atom. The van der Waals surface area contributed by atoms with Crippen LogP contribution in [0.2, 0.25) is 5.02 Å². The van der Waals surface area contributed by atoms with Crippen molar-refractivity contribution in [3.8, 4) is 0 Å². The number of piperidine rings is 2. The maximum atomic E-state index is 6.14. The fraction of sp³-hybridized carbons (Fsp3) is 0.625. The first-order valence-corrected chi connectivity index (χ1v) is 7.95. The molecule has 1 aromatic carbocycles. The predicted octanol–water partition coefficient (Wildman–Crippen LogP) is 3.01. The van der Waals surface area contributed by atoms with Crippen molar-refractivity contribution in [1.82, 2.24) is 10.2 Å². The average Bonchev–Trinajstić information content (AvgIpc) is 2.44. The highest BCUT2D eigenvalue weighted by atomic mass is 35.5. The number of benzene rings is 1. The number of nitrogens with one attached hydrogen (secondary N) is 1. The molecule has 0 saturated carbocycles. The van der Waals surface area contributed by atoms with Crippen LogP contribution in [0, 0.1) is 5.92 Å². The van der Waals surface area contributed by atoms with Gasteiger partial charge in [-0.05, 0) is 61.4 Å². The van der Waals surface area contributed by atoms with E-state index >= 15 is 0 Å². The van der Waals surface area contributed by atoms with Gasteiger partial charge in [-0.15, -0.1) is 0 Å². The largest absolute Gasteiger partial charge is 0.314 e. The van der Waals surface area contributed by atoms with Gasteiger partial charge in [0.05, 0.1) is 0 Å². The van der Waals surface area contributed by atoms with Crippen LogP contribution in [0.15, 0.2) is 18.2 Å². The first-order valence-electron chi connectivity index (χ1n) is 7.57. The minimum absolute atomic E-state index is 0.618. The number of halogens is 1. The lowest BCUT2D eigenvalue weighted by atomic mass is 9.77. The fourth-order valence-corrected chi connectivity index (χ4v) is 4.48. The van der Waals surface area contributed by atoms with Crippen LogP contribution in [0.4, 0.5) is 0 Å². The van der Waals surface area contributed by atoms with Crippen LogP contribution >= 0.6 is 11.6 Å². The Hall–Kier alpha value is -0.570. The summed E-state index contributed by atoms with van der Waals surface area (Å²) in [5, 5.41) is 4.63. The van der Waals surface area contributed by atoms with Crippen molar-refractivity contribution < 1.29 is 0 Å². The molecule has 1 N–H and O–H groups in total. The lowest BCUT2D eigenvalue weighted by molar-refractivity contribution is 0.0552. The van der Waals surface area contributed by atoms with E-state index in [1.54, 1.807) is 0 Å². The third-order valence-electron chi connectivity index (χ3n) is 5.25. The molecule has 3 heteroatoms. The monoisotopic (exact) mass is 276 g/mol. The van der Waals surface area contributed by atoms with Gasteiger partial charge >= 0.3 is 0 Å². The molecule has 3 unspecified atom stereocenters. The molecule has 0 aliphatic carbocycles. The summed E-state index contributed by atoms with van der Waals surface area (Å²) in [6.07, 6.45) is 5.21. The molecule has 0 bridgehead atoms. The van der Waals surface area contributed by atoms with Crippen molar-refractivity contribution in [2.24, 2.45) is 5.92 Å². The molecule has 2 nitrogen and oxygen atoms in total.